The summed E-state index contributed by atoms with van der Waals surface area (Å²) in [7, 11) is 0. The summed E-state index contributed by atoms with van der Waals surface area (Å²) in [5.74, 6) is 0.0229. The van der Waals surface area contributed by atoms with Gasteiger partial charge in [0, 0.05) is 49.6 Å². The summed E-state index contributed by atoms with van der Waals surface area (Å²) in [6, 6.07) is 4.54. The number of aromatic nitrogens is 5. The number of aryl methyl sites for hydroxylation is 1. The Morgan fingerprint density at radius 3 is 2.92 bits per heavy atom. The van der Waals surface area contributed by atoms with Crippen molar-refractivity contribution in [2.45, 2.75) is 13.3 Å². The van der Waals surface area contributed by atoms with Gasteiger partial charge in [-0.15, -0.1) is 0 Å². The second-order valence-corrected chi connectivity index (χ2v) is 9.16. The van der Waals surface area contributed by atoms with Crippen LogP contribution in [0.2, 0.25) is 0 Å². The SMILES string of the molecule is Cc1cc(N2CCC(CNc3cc([N+](=O)[O-])ccn3)C2)nc2c1c(=O)c(C(=O)O)cn2-c1ncns1. The van der Waals surface area contributed by atoms with Crippen molar-refractivity contribution in [1.82, 2.24) is 23.9 Å². The molecule has 0 amide bonds. The standard InChI is InChI=1S/C22H20N8O5S/c1-12-6-17(28-5-3-13(9-28)8-24-16-7-14(30(34)35)2-4-23-16)27-20-18(12)19(31)15(21(32)33)10-29(20)22-25-11-26-36-22/h2,4,6-7,10-11,13H,3,5,8-9H2,1H3,(H,23,24)(H,32,33). The van der Waals surface area contributed by atoms with Crippen LogP contribution in [0.1, 0.15) is 22.3 Å². The van der Waals surface area contributed by atoms with Crippen molar-refractivity contribution in [3.05, 3.63) is 68.4 Å². The van der Waals surface area contributed by atoms with Crippen LogP contribution >= 0.6 is 11.5 Å². The molecule has 184 valence electrons. The maximum absolute atomic E-state index is 12.9. The molecule has 4 aromatic rings. The van der Waals surface area contributed by atoms with E-state index in [2.05, 4.69) is 24.6 Å². The highest BCUT2D eigenvalue weighted by molar-refractivity contribution is 7.08. The smallest absolute Gasteiger partial charge is 0.341 e. The molecule has 1 atom stereocenters. The third-order valence-corrected chi connectivity index (χ3v) is 6.73. The average Bonchev–Trinajstić information content (AvgIpc) is 3.55. The monoisotopic (exact) mass is 508 g/mol. The van der Waals surface area contributed by atoms with Crippen LogP contribution in [0, 0.1) is 23.0 Å². The van der Waals surface area contributed by atoms with Gasteiger partial charge >= 0.3 is 5.97 Å². The first kappa shape index (κ1) is 23.3. The van der Waals surface area contributed by atoms with Crippen molar-refractivity contribution in [3.8, 4) is 5.13 Å². The van der Waals surface area contributed by atoms with Crippen LogP contribution in [0.3, 0.4) is 0 Å². The molecule has 0 bridgehead atoms. The molecular weight excluding hydrogens is 488 g/mol. The van der Waals surface area contributed by atoms with E-state index < -0.39 is 16.3 Å². The Bertz CT molecular complexity index is 1540. The second kappa shape index (κ2) is 9.30. The highest BCUT2D eigenvalue weighted by atomic mass is 32.1. The zero-order valence-electron chi connectivity index (χ0n) is 19.0. The quantitative estimate of drug-likeness (QED) is 0.278. The maximum atomic E-state index is 12.9. The molecular formula is C22H20N8O5S. The van der Waals surface area contributed by atoms with Gasteiger partial charge in [0.25, 0.3) is 5.69 Å². The summed E-state index contributed by atoms with van der Waals surface area (Å²) in [5, 5.41) is 24.3. The topological polar surface area (TPSA) is 169 Å². The number of aromatic carboxylic acids is 1. The Kier molecular flexibility index (Phi) is 6.01. The van der Waals surface area contributed by atoms with Crippen LogP contribution in [-0.2, 0) is 0 Å². The lowest BCUT2D eigenvalue weighted by atomic mass is 10.1. The average molecular weight is 509 g/mol. The molecule has 5 heterocycles. The number of carbonyl (C=O) groups is 1. The largest absolute Gasteiger partial charge is 0.477 e. The van der Waals surface area contributed by atoms with Gasteiger partial charge in [-0.1, -0.05) is 0 Å². The first-order valence-corrected chi connectivity index (χ1v) is 11.8. The minimum absolute atomic E-state index is 0.0241. The molecule has 0 radical (unpaired) electrons. The Balaban J connectivity index is 1.43. The lowest BCUT2D eigenvalue weighted by molar-refractivity contribution is -0.384. The van der Waals surface area contributed by atoms with Crippen molar-refractivity contribution < 1.29 is 14.8 Å². The fraction of sp³-hybridized carbons (Fsp3) is 0.273. The van der Waals surface area contributed by atoms with Gasteiger partial charge in [-0.05, 0) is 30.9 Å². The van der Waals surface area contributed by atoms with Gasteiger partial charge in [0.2, 0.25) is 10.6 Å². The molecule has 1 fully saturated rings. The summed E-state index contributed by atoms with van der Waals surface area (Å²) >= 11 is 1.07. The molecule has 2 N–H and O–H groups in total. The zero-order valence-corrected chi connectivity index (χ0v) is 19.8. The van der Waals surface area contributed by atoms with Gasteiger partial charge in [-0.25, -0.2) is 19.7 Å². The summed E-state index contributed by atoms with van der Waals surface area (Å²) in [5.41, 5.74) is -0.0491. The summed E-state index contributed by atoms with van der Waals surface area (Å²) in [6.45, 7) is 3.74. The number of hydrogen-bond donors (Lipinski definition) is 2. The van der Waals surface area contributed by atoms with E-state index in [1.165, 1.54) is 35.4 Å². The van der Waals surface area contributed by atoms with E-state index in [0.717, 1.165) is 24.5 Å². The van der Waals surface area contributed by atoms with E-state index >= 15 is 0 Å². The van der Waals surface area contributed by atoms with Crippen molar-refractivity contribution in [1.29, 1.82) is 0 Å². The number of nitro groups is 1. The van der Waals surface area contributed by atoms with Crippen molar-refractivity contribution in [2.24, 2.45) is 5.92 Å². The van der Waals surface area contributed by atoms with Crippen LogP contribution < -0.4 is 15.6 Å². The molecule has 1 saturated heterocycles. The number of pyridine rings is 3. The number of rotatable bonds is 7. The molecule has 13 nitrogen and oxygen atoms in total. The normalized spacial score (nSPS) is 15.4. The highest BCUT2D eigenvalue weighted by Gasteiger charge is 2.26. The predicted molar refractivity (Wildman–Crippen MR) is 132 cm³/mol. The van der Waals surface area contributed by atoms with Crippen LogP contribution in [0.4, 0.5) is 17.3 Å². The number of hydrogen-bond acceptors (Lipinski definition) is 11. The van der Waals surface area contributed by atoms with Crippen molar-refractivity contribution >= 4 is 45.9 Å². The summed E-state index contributed by atoms with van der Waals surface area (Å²) < 4.78 is 5.49. The fourth-order valence-corrected chi connectivity index (χ4v) is 4.81. The van der Waals surface area contributed by atoms with Gasteiger partial charge in [0.15, 0.2) is 5.65 Å². The molecule has 14 heteroatoms. The van der Waals surface area contributed by atoms with E-state index in [0.29, 0.717) is 41.1 Å². The van der Waals surface area contributed by atoms with E-state index in [1.807, 2.05) is 0 Å². The van der Waals surface area contributed by atoms with Crippen molar-refractivity contribution in [2.75, 3.05) is 29.9 Å². The zero-order chi connectivity index (χ0) is 25.4. The molecule has 36 heavy (non-hydrogen) atoms. The molecule has 5 rings (SSSR count). The predicted octanol–water partition coefficient (Wildman–Crippen LogP) is 2.49. The number of nitrogens with one attached hydrogen (secondary N) is 1. The number of anilines is 2. The number of nitrogens with zero attached hydrogens (tertiary/aromatic N) is 7. The molecule has 0 saturated carbocycles. The molecule has 1 aliphatic heterocycles. The Labute approximate surface area is 207 Å². The van der Waals surface area contributed by atoms with E-state index in [9.17, 15) is 24.8 Å². The second-order valence-electron chi connectivity index (χ2n) is 8.40. The summed E-state index contributed by atoms with van der Waals surface area (Å²) in [4.78, 5) is 50.3. The number of carboxylic acids is 1. The van der Waals surface area contributed by atoms with Gasteiger partial charge < -0.3 is 15.3 Å². The Hall–Kier alpha value is -4.46. The van der Waals surface area contributed by atoms with E-state index in [4.69, 9.17) is 4.98 Å². The van der Waals surface area contributed by atoms with Crippen LogP contribution in [-0.4, -0.2) is 59.5 Å². The molecule has 4 aromatic heterocycles. The van der Waals surface area contributed by atoms with E-state index in [-0.39, 0.29) is 22.6 Å². The van der Waals surface area contributed by atoms with E-state index in [1.54, 1.807) is 13.0 Å². The van der Waals surface area contributed by atoms with Crippen LogP contribution in [0.25, 0.3) is 16.2 Å². The van der Waals surface area contributed by atoms with Crippen LogP contribution in [0.5, 0.6) is 0 Å². The molecule has 0 aliphatic carbocycles. The maximum Gasteiger partial charge on any atom is 0.341 e. The first-order valence-electron chi connectivity index (χ1n) is 11.0. The lowest BCUT2D eigenvalue weighted by Crippen LogP contribution is -2.25. The Morgan fingerprint density at radius 2 is 2.19 bits per heavy atom. The number of fused-ring (bicyclic) bond motifs is 1. The molecule has 0 aromatic carbocycles. The fourth-order valence-electron chi connectivity index (χ4n) is 4.30. The highest BCUT2D eigenvalue weighted by Crippen LogP contribution is 2.28. The minimum Gasteiger partial charge on any atom is -0.477 e. The van der Waals surface area contributed by atoms with Gasteiger partial charge in [-0.2, -0.15) is 4.37 Å². The van der Waals surface area contributed by atoms with Crippen LogP contribution in [0.15, 0.2) is 41.7 Å². The molecule has 1 aliphatic rings. The first-order chi connectivity index (χ1) is 17.3. The third kappa shape index (κ3) is 4.33. The Morgan fingerprint density at radius 1 is 1.36 bits per heavy atom. The minimum atomic E-state index is -1.32. The third-order valence-electron chi connectivity index (χ3n) is 6.06. The molecule has 0 spiro atoms. The van der Waals surface area contributed by atoms with Gasteiger partial charge in [0.05, 0.1) is 16.4 Å². The van der Waals surface area contributed by atoms with Crippen molar-refractivity contribution in [3.63, 3.8) is 0 Å². The lowest BCUT2D eigenvalue weighted by Gasteiger charge is -2.20. The summed E-state index contributed by atoms with van der Waals surface area (Å²) in [6.07, 6.45) is 4.86. The van der Waals surface area contributed by atoms with Gasteiger partial charge in [-0.3, -0.25) is 19.5 Å². The molecule has 1 unspecified atom stereocenters. The van der Waals surface area contributed by atoms with Gasteiger partial charge in [0.1, 0.15) is 23.5 Å². The number of carboxylic acid groups (broad SMARTS) is 1.